The predicted octanol–water partition coefficient (Wildman–Crippen LogP) is 4.79. The predicted molar refractivity (Wildman–Crippen MR) is 87.4 cm³/mol. The number of aromatic nitrogens is 2. The van der Waals surface area contributed by atoms with Crippen LogP contribution in [-0.4, -0.2) is 9.78 Å². The van der Waals surface area contributed by atoms with E-state index in [1.54, 1.807) is 12.1 Å². The maximum atomic E-state index is 6.12. The van der Waals surface area contributed by atoms with Crippen molar-refractivity contribution in [1.29, 1.82) is 0 Å². The first-order valence-corrected chi connectivity index (χ1v) is 7.27. The molecule has 0 aliphatic carbocycles. The van der Waals surface area contributed by atoms with Crippen LogP contribution in [0.3, 0.4) is 0 Å². The second-order valence-electron chi connectivity index (χ2n) is 4.54. The molecule has 0 fully saturated rings. The van der Waals surface area contributed by atoms with Crippen LogP contribution in [0.1, 0.15) is 5.69 Å². The van der Waals surface area contributed by atoms with E-state index in [1.807, 2.05) is 53.3 Å². The summed E-state index contributed by atoms with van der Waals surface area (Å²) < 4.78 is 1.84. The Morgan fingerprint density at radius 2 is 1.62 bits per heavy atom. The van der Waals surface area contributed by atoms with Crippen LogP contribution in [0.15, 0.2) is 60.8 Å². The lowest BCUT2D eigenvalue weighted by atomic mass is 10.3. The number of hydrogen-bond acceptors (Lipinski definition) is 2. The van der Waals surface area contributed by atoms with Crippen LogP contribution < -0.4 is 5.32 Å². The molecule has 0 bridgehead atoms. The highest BCUT2D eigenvalue weighted by atomic mass is 35.5. The first-order valence-electron chi connectivity index (χ1n) is 6.52. The summed E-state index contributed by atoms with van der Waals surface area (Å²) in [5.41, 5.74) is 2.67. The van der Waals surface area contributed by atoms with E-state index >= 15 is 0 Å². The first-order chi connectivity index (χ1) is 10.2. The molecule has 0 radical (unpaired) electrons. The maximum absolute atomic E-state index is 6.12. The fraction of sp³-hybridized carbons (Fsp3) is 0.0625. The molecule has 1 heterocycles. The Morgan fingerprint density at radius 3 is 2.33 bits per heavy atom. The van der Waals surface area contributed by atoms with E-state index in [9.17, 15) is 0 Å². The smallest absolute Gasteiger partial charge is 0.0819 e. The Kier molecular flexibility index (Phi) is 4.13. The summed E-state index contributed by atoms with van der Waals surface area (Å²) in [6.07, 6.45) is 1.93. The normalized spacial score (nSPS) is 10.6. The standard InChI is InChI=1S/C16H13Cl2N3/c17-14-7-4-8-15(18)16(14)19-11-12-9-10-21(20-12)13-5-2-1-3-6-13/h1-10,19H,11H2. The summed E-state index contributed by atoms with van der Waals surface area (Å²) in [6, 6.07) is 17.4. The summed E-state index contributed by atoms with van der Waals surface area (Å²) in [6.45, 7) is 0.559. The highest BCUT2D eigenvalue weighted by Crippen LogP contribution is 2.30. The Bertz CT molecular complexity index is 718. The largest absolute Gasteiger partial charge is 0.377 e. The summed E-state index contributed by atoms with van der Waals surface area (Å²) >= 11 is 12.2. The van der Waals surface area contributed by atoms with Gasteiger partial charge in [0.15, 0.2) is 0 Å². The molecular formula is C16H13Cl2N3. The quantitative estimate of drug-likeness (QED) is 0.749. The molecule has 1 N–H and O–H groups in total. The maximum Gasteiger partial charge on any atom is 0.0819 e. The zero-order valence-electron chi connectivity index (χ0n) is 11.1. The van der Waals surface area contributed by atoms with Gasteiger partial charge in [-0.3, -0.25) is 0 Å². The zero-order valence-corrected chi connectivity index (χ0v) is 12.6. The number of halogens is 2. The molecule has 106 valence electrons. The number of nitrogens with one attached hydrogen (secondary N) is 1. The summed E-state index contributed by atoms with van der Waals surface area (Å²) in [7, 11) is 0. The molecule has 0 amide bonds. The van der Waals surface area contributed by atoms with Gasteiger partial charge in [0.25, 0.3) is 0 Å². The van der Waals surface area contributed by atoms with Crippen molar-refractivity contribution >= 4 is 28.9 Å². The SMILES string of the molecule is Clc1cccc(Cl)c1NCc1ccn(-c2ccccc2)n1. The van der Waals surface area contributed by atoms with E-state index in [-0.39, 0.29) is 0 Å². The average molecular weight is 318 g/mol. The number of para-hydroxylation sites is 2. The topological polar surface area (TPSA) is 29.9 Å². The van der Waals surface area contributed by atoms with Crippen molar-refractivity contribution in [2.45, 2.75) is 6.54 Å². The van der Waals surface area contributed by atoms with Gasteiger partial charge in [0.05, 0.1) is 33.7 Å². The van der Waals surface area contributed by atoms with Gasteiger partial charge >= 0.3 is 0 Å². The second-order valence-corrected chi connectivity index (χ2v) is 5.35. The van der Waals surface area contributed by atoms with Gasteiger partial charge in [0.2, 0.25) is 0 Å². The minimum absolute atomic E-state index is 0.559. The minimum Gasteiger partial charge on any atom is -0.377 e. The van der Waals surface area contributed by atoms with Gasteiger partial charge in [0, 0.05) is 6.20 Å². The number of nitrogens with zero attached hydrogens (tertiary/aromatic N) is 2. The van der Waals surface area contributed by atoms with Crippen molar-refractivity contribution in [3.8, 4) is 5.69 Å². The molecule has 0 aliphatic rings. The fourth-order valence-electron chi connectivity index (χ4n) is 2.03. The Morgan fingerprint density at radius 1 is 0.905 bits per heavy atom. The third kappa shape index (κ3) is 3.20. The Balaban J connectivity index is 1.74. The Hall–Kier alpha value is -1.97. The van der Waals surface area contributed by atoms with Crippen molar-refractivity contribution in [3.63, 3.8) is 0 Å². The van der Waals surface area contributed by atoms with Gasteiger partial charge in [-0.2, -0.15) is 5.10 Å². The highest BCUT2D eigenvalue weighted by Gasteiger charge is 2.06. The van der Waals surface area contributed by atoms with E-state index in [0.717, 1.165) is 17.1 Å². The van der Waals surface area contributed by atoms with Gasteiger partial charge in [-0.25, -0.2) is 4.68 Å². The molecule has 0 spiro atoms. The zero-order chi connectivity index (χ0) is 14.7. The number of benzene rings is 2. The lowest BCUT2D eigenvalue weighted by Gasteiger charge is -2.08. The first kappa shape index (κ1) is 14.0. The van der Waals surface area contributed by atoms with E-state index < -0.39 is 0 Å². The van der Waals surface area contributed by atoms with E-state index in [4.69, 9.17) is 23.2 Å². The van der Waals surface area contributed by atoms with E-state index in [2.05, 4.69) is 10.4 Å². The third-order valence-corrected chi connectivity index (χ3v) is 3.70. The lowest BCUT2D eigenvalue weighted by molar-refractivity contribution is 0.844. The van der Waals surface area contributed by atoms with Crippen LogP contribution in [0.4, 0.5) is 5.69 Å². The third-order valence-electron chi connectivity index (χ3n) is 3.07. The average Bonchev–Trinajstić information content (AvgIpc) is 2.97. The van der Waals surface area contributed by atoms with Gasteiger partial charge < -0.3 is 5.32 Å². The summed E-state index contributed by atoms with van der Waals surface area (Å²) in [4.78, 5) is 0. The van der Waals surface area contributed by atoms with Gasteiger partial charge in [0.1, 0.15) is 0 Å². The molecule has 5 heteroatoms. The Labute approximate surface area is 133 Å². The van der Waals surface area contributed by atoms with Crippen LogP contribution in [0.5, 0.6) is 0 Å². The van der Waals surface area contributed by atoms with Crippen molar-refractivity contribution < 1.29 is 0 Å². The van der Waals surface area contributed by atoms with Crippen LogP contribution in [0, 0.1) is 0 Å². The fourth-order valence-corrected chi connectivity index (χ4v) is 2.56. The van der Waals surface area contributed by atoms with Crippen molar-refractivity contribution in [3.05, 3.63) is 76.5 Å². The summed E-state index contributed by atoms with van der Waals surface area (Å²) in [5.74, 6) is 0. The molecule has 0 aliphatic heterocycles. The summed E-state index contributed by atoms with van der Waals surface area (Å²) in [5, 5.41) is 8.95. The van der Waals surface area contributed by atoms with Gasteiger partial charge in [-0.05, 0) is 30.3 Å². The molecule has 0 atom stereocenters. The molecule has 3 rings (SSSR count). The highest BCUT2D eigenvalue weighted by molar-refractivity contribution is 6.39. The molecule has 3 aromatic rings. The van der Waals surface area contributed by atoms with E-state index in [0.29, 0.717) is 16.6 Å². The second kappa shape index (κ2) is 6.20. The van der Waals surface area contributed by atoms with Crippen molar-refractivity contribution in [1.82, 2.24) is 9.78 Å². The number of hydrogen-bond donors (Lipinski definition) is 1. The molecule has 0 unspecified atom stereocenters. The van der Waals surface area contributed by atoms with Crippen molar-refractivity contribution in [2.24, 2.45) is 0 Å². The monoisotopic (exact) mass is 317 g/mol. The molecule has 2 aromatic carbocycles. The minimum atomic E-state index is 0.559. The molecule has 1 aromatic heterocycles. The van der Waals surface area contributed by atoms with Crippen LogP contribution in [-0.2, 0) is 6.54 Å². The van der Waals surface area contributed by atoms with Crippen LogP contribution in [0.2, 0.25) is 10.0 Å². The van der Waals surface area contributed by atoms with E-state index in [1.165, 1.54) is 0 Å². The van der Waals surface area contributed by atoms with Crippen molar-refractivity contribution in [2.75, 3.05) is 5.32 Å². The van der Waals surface area contributed by atoms with Gasteiger partial charge in [-0.15, -0.1) is 0 Å². The number of rotatable bonds is 4. The molecule has 3 nitrogen and oxygen atoms in total. The molecule has 21 heavy (non-hydrogen) atoms. The van der Waals surface area contributed by atoms with Crippen LogP contribution in [0.25, 0.3) is 5.69 Å². The van der Waals surface area contributed by atoms with Crippen LogP contribution >= 0.6 is 23.2 Å². The molecular weight excluding hydrogens is 305 g/mol. The lowest BCUT2D eigenvalue weighted by Crippen LogP contribution is -2.03. The molecule has 0 saturated heterocycles. The number of anilines is 1. The molecule has 0 saturated carbocycles. The van der Waals surface area contributed by atoms with Gasteiger partial charge in [-0.1, -0.05) is 47.5 Å².